The third kappa shape index (κ3) is 2.76. The summed E-state index contributed by atoms with van der Waals surface area (Å²) in [5, 5.41) is 1.91. The van der Waals surface area contributed by atoms with Crippen molar-refractivity contribution in [3.63, 3.8) is 0 Å². The van der Waals surface area contributed by atoms with E-state index in [-0.39, 0.29) is 0 Å². The molecule has 0 bridgehead atoms. The SMILES string of the molecule is COC(=O)C1=C(C)N=C(C)C(C(=O)OC)[C@@H]1c1cccs1. The second-order valence-electron chi connectivity index (χ2n) is 4.74. The molecule has 0 aromatic carbocycles. The first-order valence-corrected chi connectivity index (χ1v) is 7.34. The molecule has 0 saturated heterocycles. The van der Waals surface area contributed by atoms with Crippen LogP contribution in [0.15, 0.2) is 33.8 Å². The van der Waals surface area contributed by atoms with Crippen LogP contribution in [-0.4, -0.2) is 31.9 Å². The van der Waals surface area contributed by atoms with Gasteiger partial charge in [-0.15, -0.1) is 11.3 Å². The molecule has 2 heterocycles. The number of rotatable bonds is 3. The van der Waals surface area contributed by atoms with Crippen molar-refractivity contribution in [3.05, 3.63) is 33.7 Å². The van der Waals surface area contributed by atoms with Crippen LogP contribution in [0.5, 0.6) is 0 Å². The van der Waals surface area contributed by atoms with Crippen LogP contribution < -0.4 is 0 Å². The molecule has 1 aromatic rings. The van der Waals surface area contributed by atoms with Crippen molar-refractivity contribution in [1.29, 1.82) is 0 Å². The number of carbonyl (C=O) groups excluding carboxylic acids is 2. The zero-order chi connectivity index (χ0) is 15.6. The Balaban J connectivity index is 2.61. The van der Waals surface area contributed by atoms with Gasteiger partial charge in [-0.2, -0.15) is 0 Å². The molecule has 0 amide bonds. The van der Waals surface area contributed by atoms with Crippen LogP contribution >= 0.6 is 11.3 Å². The van der Waals surface area contributed by atoms with Gasteiger partial charge in [0.15, 0.2) is 0 Å². The van der Waals surface area contributed by atoms with E-state index in [4.69, 9.17) is 9.47 Å². The van der Waals surface area contributed by atoms with Crippen LogP contribution in [0.4, 0.5) is 0 Å². The van der Waals surface area contributed by atoms with Crippen LogP contribution in [-0.2, 0) is 19.1 Å². The Morgan fingerprint density at radius 3 is 2.48 bits per heavy atom. The van der Waals surface area contributed by atoms with Crippen LogP contribution in [0.2, 0.25) is 0 Å². The second kappa shape index (κ2) is 6.22. The summed E-state index contributed by atoms with van der Waals surface area (Å²) in [6.07, 6.45) is 0. The summed E-state index contributed by atoms with van der Waals surface area (Å²) in [7, 11) is 2.66. The Kier molecular flexibility index (Phi) is 4.57. The standard InChI is InChI=1S/C15H17NO4S/c1-8-11(14(17)19-3)13(10-6-5-7-21-10)12(9(2)16-8)15(18)20-4/h5-7,11,13H,1-4H3/t11?,13-/m0/s1. The largest absolute Gasteiger partial charge is 0.468 e. The van der Waals surface area contributed by atoms with E-state index < -0.39 is 23.8 Å². The molecule has 0 spiro atoms. The fourth-order valence-corrected chi connectivity index (χ4v) is 3.49. The zero-order valence-corrected chi connectivity index (χ0v) is 13.2. The molecule has 112 valence electrons. The van der Waals surface area contributed by atoms with Gasteiger partial charge < -0.3 is 9.47 Å². The van der Waals surface area contributed by atoms with Crippen molar-refractivity contribution in [1.82, 2.24) is 0 Å². The Bertz CT molecular complexity index is 616. The molecule has 2 rings (SSSR count). The molecule has 21 heavy (non-hydrogen) atoms. The van der Waals surface area contributed by atoms with E-state index in [0.717, 1.165) is 4.88 Å². The lowest BCUT2D eigenvalue weighted by Gasteiger charge is -2.30. The summed E-state index contributed by atoms with van der Waals surface area (Å²) in [4.78, 5) is 29.6. The lowest BCUT2D eigenvalue weighted by molar-refractivity contribution is -0.143. The number of hydrogen-bond acceptors (Lipinski definition) is 6. The van der Waals surface area contributed by atoms with Crippen molar-refractivity contribution in [2.75, 3.05) is 14.2 Å². The van der Waals surface area contributed by atoms with Gasteiger partial charge in [-0.25, -0.2) is 4.79 Å². The van der Waals surface area contributed by atoms with Crippen molar-refractivity contribution in [2.45, 2.75) is 19.8 Å². The lowest BCUT2D eigenvalue weighted by atomic mass is 9.79. The average Bonchev–Trinajstić information content (AvgIpc) is 2.99. The quantitative estimate of drug-likeness (QED) is 0.805. The van der Waals surface area contributed by atoms with E-state index in [0.29, 0.717) is 17.0 Å². The van der Waals surface area contributed by atoms with E-state index in [2.05, 4.69) is 4.99 Å². The third-order valence-corrected chi connectivity index (χ3v) is 4.49. The Morgan fingerprint density at radius 2 is 1.95 bits per heavy atom. The minimum absolute atomic E-state index is 0.399. The predicted octanol–water partition coefficient (Wildman–Crippen LogP) is 2.54. The molecule has 1 aromatic heterocycles. The van der Waals surface area contributed by atoms with Gasteiger partial charge in [0.1, 0.15) is 5.92 Å². The molecule has 0 aliphatic carbocycles. The van der Waals surface area contributed by atoms with Gasteiger partial charge in [-0.3, -0.25) is 9.79 Å². The highest BCUT2D eigenvalue weighted by atomic mass is 32.1. The number of methoxy groups -OCH3 is 2. The first-order chi connectivity index (χ1) is 10.0. The number of nitrogens with zero attached hydrogens (tertiary/aromatic N) is 1. The van der Waals surface area contributed by atoms with E-state index in [1.807, 2.05) is 17.5 Å². The first kappa shape index (κ1) is 15.4. The van der Waals surface area contributed by atoms with Crippen LogP contribution in [0.3, 0.4) is 0 Å². The highest BCUT2D eigenvalue weighted by molar-refractivity contribution is 7.10. The summed E-state index contributed by atoms with van der Waals surface area (Å²) in [5.41, 5.74) is 1.64. The molecule has 0 fully saturated rings. The highest BCUT2D eigenvalue weighted by Gasteiger charge is 2.42. The minimum atomic E-state index is -0.605. The van der Waals surface area contributed by atoms with Crippen LogP contribution in [0.1, 0.15) is 24.6 Å². The number of carbonyl (C=O) groups is 2. The third-order valence-electron chi connectivity index (χ3n) is 3.54. The van der Waals surface area contributed by atoms with Crippen molar-refractivity contribution >= 4 is 29.0 Å². The topological polar surface area (TPSA) is 65.0 Å². The van der Waals surface area contributed by atoms with Gasteiger partial charge in [0, 0.05) is 22.2 Å². The lowest BCUT2D eigenvalue weighted by Crippen LogP contribution is -2.35. The number of esters is 2. The molecule has 0 radical (unpaired) electrons. The number of aliphatic imine (C=N–C) groups is 1. The van der Waals surface area contributed by atoms with E-state index in [9.17, 15) is 9.59 Å². The zero-order valence-electron chi connectivity index (χ0n) is 12.4. The second-order valence-corrected chi connectivity index (χ2v) is 5.72. The Labute approximate surface area is 127 Å². The summed E-state index contributed by atoms with van der Waals surface area (Å²) in [6, 6.07) is 3.79. The molecule has 1 aliphatic heterocycles. The van der Waals surface area contributed by atoms with Crippen LogP contribution in [0, 0.1) is 5.92 Å². The van der Waals surface area contributed by atoms with Crippen molar-refractivity contribution in [2.24, 2.45) is 10.9 Å². The van der Waals surface area contributed by atoms with E-state index in [1.54, 1.807) is 13.8 Å². The molecular weight excluding hydrogens is 290 g/mol. The number of allylic oxidation sites excluding steroid dienone is 1. The summed E-state index contributed by atoms with van der Waals surface area (Å²) >= 11 is 1.49. The maximum Gasteiger partial charge on any atom is 0.336 e. The molecule has 0 saturated carbocycles. The van der Waals surface area contributed by atoms with E-state index >= 15 is 0 Å². The van der Waals surface area contributed by atoms with Gasteiger partial charge in [-0.05, 0) is 25.3 Å². The number of thiophene rings is 1. The summed E-state index contributed by atoms with van der Waals surface area (Å²) < 4.78 is 9.77. The number of hydrogen-bond donors (Lipinski definition) is 0. The molecule has 1 aliphatic rings. The number of ether oxygens (including phenoxy) is 2. The van der Waals surface area contributed by atoms with Gasteiger partial charge in [-0.1, -0.05) is 6.07 Å². The first-order valence-electron chi connectivity index (χ1n) is 6.46. The monoisotopic (exact) mass is 307 g/mol. The average molecular weight is 307 g/mol. The summed E-state index contributed by atoms with van der Waals surface area (Å²) in [6.45, 7) is 3.53. The smallest absolute Gasteiger partial charge is 0.336 e. The molecule has 0 N–H and O–H groups in total. The van der Waals surface area contributed by atoms with Crippen molar-refractivity contribution in [3.8, 4) is 0 Å². The van der Waals surface area contributed by atoms with Crippen molar-refractivity contribution < 1.29 is 19.1 Å². The maximum absolute atomic E-state index is 12.2. The fourth-order valence-electron chi connectivity index (χ4n) is 2.62. The molecule has 1 unspecified atom stereocenters. The van der Waals surface area contributed by atoms with E-state index in [1.165, 1.54) is 25.6 Å². The maximum atomic E-state index is 12.2. The molecule has 6 heteroatoms. The highest BCUT2D eigenvalue weighted by Crippen LogP contribution is 2.41. The Hall–Kier alpha value is -1.95. The predicted molar refractivity (Wildman–Crippen MR) is 80.4 cm³/mol. The molecule has 2 atom stereocenters. The Morgan fingerprint density at radius 1 is 1.24 bits per heavy atom. The summed E-state index contributed by atoms with van der Waals surface area (Å²) in [5.74, 6) is -1.88. The van der Waals surface area contributed by atoms with Gasteiger partial charge in [0.05, 0.1) is 19.8 Å². The van der Waals surface area contributed by atoms with Gasteiger partial charge in [0.25, 0.3) is 0 Å². The van der Waals surface area contributed by atoms with Crippen LogP contribution in [0.25, 0.3) is 0 Å². The normalized spacial score (nSPS) is 21.8. The van der Waals surface area contributed by atoms with Gasteiger partial charge >= 0.3 is 11.9 Å². The fraction of sp³-hybridized carbons (Fsp3) is 0.400. The molecular formula is C15H17NO4S. The minimum Gasteiger partial charge on any atom is -0.468 e. The molecule has 5 nitrogen and oxygen atoms in total. The van der Waals surface area contributed by atoms with Gasteiger partial charge in [0.2, 0.25) is 0 Å².